The summed E-state index contributed by atoms with van der Waals surface area (Å²) < 4.78 is 5.64. The SMILES string of the molecule is COc1cc([C@H]2C3=CC[C@@H]4C(=O)N(C(C)(C)C)C(=O)[C@@H]4[C@@H]3C[C@@]3(Cl)C(=O)N(C)C(=O)[C@@]23Cl)cc(Br)c1O. The second-order valence-corrected chi connectivity index (χ2v) is 13.3. The van der Waals surface area contributed by atoms with Gasteiger partial charge in [0, 0.05) is 18.5 Å². The summed E-state index contributed by atoms with van der Waals surface area (Å²) in [5, 5.41) is 10.4. The summed E-state index contributed by atoms with van der Waals surface area (Å²) in [5.74, 6) is -4.70. The summed E-state index contributed by atoms with van der Waals surface area (Å²) >= 11 is 17.6. The number of benzene rings is 1. The number of carbonyl (C=O) groups is 4. The summed E-state index contributed by atoms with van der Waals surface area (Å²) in [6.45, 7) is 5.41. The zero-order valence-corrected chi connectivity index (χ0v) is 24.1. The van der Waals surface area contributed by atoms with Crippen LogP contribution in [0.3, 0.4) is 0 Å². The monoisotopic (exact) mass is 612 g/mol. The van der Waals surface area contributed by atoms with Crippen LogP contribution in [0.5, 0.6) is 11.5 Å². The topological polar surface area (TPSA) is 104 Å². The average Bonchev–Trinajstić information content (AvgIpc) is 3.16. The van der Waals surface area contributed by atoms with Crippen molar-refractivity contribution >= 4 is 62.8 Å². The number of phenolic OH excluding ortho intramolecular Hbond substituents is 1. The van der Waals surface area contributed by atoms with E-state index in [-0.39, 0.29) is 29.7 Å². The first-order valence-electron chi connectivity index (χ1n) is 12.0. The van der Waals surface area contributed by atoms with Crippen LogP contribution in [0.1, 0.15) is 45.1 Å². The first-order valence-corrected chi connectivity index (χ1v) is 13.5. The van der Waals surface area contributed by atoms with Crippen molar-refractivity contribution in [3.63, 3.8) is 0 Å². The predicted molar refractivity (Wildman–Crippen MR) is 139 cm³/mol. The van der Waals surface area contributed by atoms with Gasteiger partial charge in [0.25, 0.3) is 11.8 Å². The van der Waals surface area contributed by atoms with Crippen LogP contribution in [0, 0.1) is 17.8 Å². The van der Waals surface area contributed by atoms with E-state index in [1.165, 1.54) is 19.1 Å². The van der Waals surface area contributed by atoms with E-state index in [1.54, 1.807) is 32.9 Å². The number of allylic oxidation sites excluding steroid dienone is 2. The molecule has 1 N–H and O–H groups in total. The summed E-state index contributed by atoms with van der Waals surface area (Å²) in [7, 11) is 2.73. The van der Waals surface area contributed by atoms with Crippen molar-refractivity contribution in [3.05, 3.63) is 33.8 Å². The number of alkyl halides is 2. The number of imide groups is 2. The Balaban J connectivity index is 1.75. The quantitative estimate of drug-likeness (QED) is 0.308. The van der Waals surface area contributed by atoms with E-state index < -0.39 is 50.8 Å². The molecule has 2 aliphatic carbocycles. The highest BCUT2D eigenvalue weighted by molar-refractivity contribution is 9.10. The lowest BCUT2D eigenvalue weighted by atomic mass is 9.56. The zero-order chi connectivity index (χ0) is 27.4. The minimum absolute atomic E-state index is 0.0656. The van der Waals surface area contributed by atoms with E-state index in [9.17, 15) is 24.3 Å². The maximum atomic E-state index is 13.8. The van der Waals surface area contributed by atoms with Crippen LogP contribution in [0.15, 0.2) is 28.3 Å². The highest BCUT2D eigenvalue weighted by Crippen LogP contribution is 2.65. The molecule has 1 aromatic rings. The van der Waals surface area contributed by atoms with Crippen molar-refractivity contribution < 1.29 is 29.0 Å². The number of methoxy groups -OCH3 is 1. The van der Waals surface area contributed by atoms with Gasteiger partial charge in [-0.1, -0.05) is 11.6 Å². The van der Waals surface area contributed by atoms with Crippen LogP contribution < -0.4 is 4.74 Å². The van der Waals surface area contributed by atoms with E-state index in [4.69, 9.17) is 27.9 Å². The Morgan fingerprint density at radius 1 is 1.08 bits per heavy atom. The van der Waals surface area contributed by atoms with Gasteiger partial charge in [-0.2, -0.15) is 0 Å². The molecule has 0 radical (unpaired) electrons. The van der Waals surface area contributed by atoms with Gasteiger partial charge in [-0.15, -0.1) is 23.2 Å². The Bertz CT molecular complexity index is 1310. The molecule has 1 saturated carbocycles. The van der Waals surface area contributed by atoms with E-state index in [0.717, 1.165) is 4.90 Å². The molecule has 0 unspecified atom stereocenters. The smallest absolute Gasteiger partial charge is 0.253 e. The number of rotatable bonds is 2. The molecule has 2 aliphatic heterocycles. The minimum Gasteiger partial charge on any atom is -0.503 e. The fourth-order valence-corrected chi connectivity index (χ4v) is 8.17. The lowest BCUT2D eigenvalue weighted by molar-refractivity contribution is -0.146. The maximum Gasteiger partial charge on any atom is 0.253 e. The number of hydrogen-bond acceptors (Lipinski definition) is 6. The van der Waals surface area contributed by atoms with E-state index >= 15 is 0 Å². The molecule has 6 atom stereocenters. The lowest BCUT2D eigenvalue weighted by Gasteiger charge is -2.50. The van der Waals surface area contributed by atoms with Crippen molar-refractivity contribution in [2.75, 3.05) is 14.2 Å². The first kappa shape index (κ1) is 26.5. The van der Waals surface area contributed by atoms with Crippen molar-refractivity contribution in [3.8, 4) is 11.5 Å². The fraction of sp³-hybridized carbons (Fsp3) is 0.538. The third-order valence-electron chi connectivity index (χ3n) is 8.29. The molecule has 0 aromatic heterocycles. The van der Waals surface area contributed by atoms with Crippen LogP contribution in [-0.4, -0.2) is 68.0 Å². The van der Waals surface area contributed by atoms with Gasteiger partial charge in [0.05, 0.1) is 23.4 Å². The van der Waals surface area contributed by atoms with Gasteiger partial charge in [-0.05, 0) is 73.2 Å². The lowest BCUT2D eigenvalue weighted by Crippen LogP contribution is -2.60. The van der Waals surface area contributed by atoms with Crippen molar-refractivity contribution in [2.45, 2.75) is 54.8 Å². The molecule has 2 heterocycles. The Labute approximate surface area is 233 Å². The zero-order valence-electron chi connectivity index (χ0n) is 21.0. The van der Waals surface area contributed by atoms with Gasteiger partial charge in [0.1, 0.15) is 0 Å². The molecular formula is C26H27BrCl2N2O6. The molecule has 1 aromatic carbocycles. The molecule has 5 rings (SSSR count). The molecule has 0 spiro atoms. The molecule has 2 saturated heterocycles. The van der Waals surface area contributed by atoms with E-state index in [0.29, 0.717) is 22.0 Å². The number of hydrogen-bond donors (Lipinski definition) is 1. The number of ether oxygens (including phenoxy) is 1. The van der Waals surface area contributed by atoms with Crippen molar-refractivity contribution in [1.82, 2.24) is 9.80 Å². The van der Waals surface area contributed by atoms with Gasteiger partial charge in [0.15, 0.2) is 21.2 Å². The van der Waals surface area contributed by atoms with E-state index in [2.05, 4.69) is 15.9 Å². The van der Waals surface area contributed by atoms with Crippen molar-refractivity contribution in [1.29, 1.82) is 0 Å². The van der Waals surface area contributed by atoms with Crippen molar-refractivity contribution in [2.24, 2.45) is 17.8 Å². The maximum absolute atomic E-state index is 13.8. The second-order valence-electron chi connectivity index (χ2n) is 11.2. The number of amides is 4. The van der Waals surface area contributed by atoms with E-state index in [1.807, 2.05) is 6.08 Å². The van der Waals surface area contributed by atoms with Crippen LogP contribution in [0.25, 0.3) is 0 Å². The summed E-state index contributed by atoms with van der Waals surface area (Å²) in [6.07, 6.45) is 2.10. The number of carbonyl (C=O) groups excluding carboxylic acids is 4. The largest absolute Gasteiger partial charge is 0.503 e. The minimum atomic E-state index is -1.90. The van der Waals surface area contributed by atoms with Gasteiger partial charge >= 0.3 is 0 Å². The predicted octanol–water partition coefficient (Wildman–Crippen LogP) is 3.95. The Kier molecular flexibility index (Phi) is 5.87. The molecular weight excluding hydrogens is 587 g/mol. The molecule has 8 nitrogen and oxygen atoms in total. The Morgan fingerprint density at radius 2 is 1.73 bits per heavy atom. The summed E-state index contributed by atoms with van der Waals surface area (Å²) in [6, 6.07) is 3.17. The standard InChI is InChI=1S/C26H27BrCl2N2O6/c1-24(2,3)31-20(33)13-7-6-12-14(17(13)21(31)34)10-25(28)22(35)30(4)23(36)26(25,29)18(12)11-8-15(27)19(32)16(9-11)37-5/h6,8-9,13-14,17-18,32H,7,10H2,1-5H3/t13-,14+,17-,18-,25+,26-/m0/s1. The molecule has 4 amide bonds. The molecule has 4 aliphatic rings. The van der Waals surface area contributed by atoms with Crippen LogP contribution in [-0.2, 0) is 19.2 Å². The number of aromatic hydroxyl groups is 1. The average molecular weight is 614 g/mol. The number of fused-ring (bicyclic) bond motifs is 4. The molecule has 198 valence electrons. The van der Waals surface area contributed by atoms with Gasteiger partial charge < -0.3 is 9.84 Å². The summed E-state index contributed by atoms with van der Waals surface area (Å²) in [4.78, 5) is 52.7. The third kappa shape index (κ3) is 3.26. The number of halogens is 3. The number of phenols is 1. The number of nitrogens with zero attached hydrogens (tertiary/aromatic N) is 2. The van der Waals surface area contributed by atoms with Gasteiger partial charge in [-0.25, -0.2) is 0 Å². The molecule has 3 fully saturated rings. The molecule has 11 heteroatoms. The second kappa shape index (κ2) is 8.20. The summed E-state index contributed by atoms with van der Waals surface area (Å²) in [5.41, 5.74) is 0.445. The van der Waals surface area contributed by atoms with Crippen LogP contribution >= 0.6 is 39.1 Å². The first-order chi connectivity index (χ1) is 17.1. The van der Waals surface area contributed by atoms with Gasteiger partial charge in [-0.3, -0.25) is 29.0 Å². The highest BCUT2D eigenvalue weighted by Gasteiger charge is 2.76. The number of likely N-dealkylation sites (tertiary alicyclic amines) is 2. The van der Waals surface area contributed by atoms with Crippen LogP contribution in [0.2, 0.25) is 0 Å². The Morgan fingerprint density at radius 3 is 2.32 bits per heavy atom. The highest BCUT2D eigenvalue weighted by atomic mass is 79.9. The third-order valence-corrected chi connectivity index (χ3v) is 10.3. The normalized spacial score (nSPS) is 35.4. The van der Waals surface area contributed by atoms with Crippen LogP contribution in [0.4, 0.5) is 0 Å². The molecule has 37 heavy (non-hydrogen) atoms. The fourth-order valence-electron chi connectivity index (χ4n) is 6.70. The molecule has 0 bridgehead atoms. The van der Waals surface area contributed by atoms with Gasteiger partial charge in [0.2, 0.25) is 11.8 Å². The Hall–Kier alpha value is -2.10.